The van der Waals surface area contributed by atoms with E-state index in [1.54, 1.807) is 25.3 Å². The van der Waals surface area contributed by atoms with Gasteiger partial charge in [-0.05, 0) is 19.4 Å². The van der Waals surface area contributed by atoms with Gasteiger partial charge in [-0.25, -0.2) is 9.97 Å². The molecular weight excluding hydrogens is 268 g/mol. The van der Waals surface area contributed by atoms with Gasteiger partial charge in [0.15, 0.2) is 0 Å². The van der Waals surface area contributed by atoms with Gasteiger partial charge in [0.25, 0.3) is 0 Å². The Morgan fingerprint density at radius 2 is 2.29 bits per heavy atom. The highest BCUT2D eigenvalue weighted by Crippen LogP contribution is 2.13. The molecule has 2 rings (SSSR count). The van der Waals surface area contributed by atoms with Crippen LogP contribution in [-0.4, -0.2) is 72.6 Å². The largest absolute Gasteiger partial charge is 0.380 e. The Kier molecular flexibility index (Phi) is 5.64. The molecule has 0 aromatic carbocycles. The van der Waals surface area contributed by atoms with E-state index in [1.165, 1.54) is 0 Å². The number of rotatable bonds is 4. The summed E-state index contributed by atoms with van der Waals surface area (Å²) in [5, 5.41) is 0. The number of aromatic nitrogens is 2. The maximum Gasteiger partial charge on any atom is 0.236 e. The molecule has 0 saturated carbocycles. The molecule has 1 aliphatic rings. The van der Waals surface area contributed by atoms with Crippen molar-refractivity contribution in [2.24, 2.45) is 5.92 Å². The van der Waals surface area contributed by atoms with E-state index >= 15 is 0 Å². The van der Waals surface area contributed by atoms with E-state index in [-0.39, 0.29) is 5.91 Å². The lowest BCUT2D eigenvalue weighted by Crippen LogP contribution is -2.39. The molecule has 116 valence electrons. The quantitative estimate of drug-likeness (QED) is 0.802. The summed E-state index contributed by atoms with van der Waals surface area (Å²) in [6, 6.07) is 2.01. The molecule has 0 spiro atoms. The van der Waals surface area contributed by atoms with Crippen molar-refractivity contribution in [2.45, 2.75) is 13.3 Å². The number of carbonyl (C=O) groups is 1. The number of carbonyl (C=O) groups excluding carboxylic acids is 1. The number of hydrogen-bond donors (Lipinski definition) is 0. The Hall–Kier alpha value is -1.53. The molecule has 1 fully saturated rings. The summed E-state index contributed by atoms with van der Waals surface area (Å²) in [5.41, 5.74) is 2.02. The summed E-state index contributed by atoms with van der Waals surface area (Å²) < 4.78 is 5.67. The Morgan fingerprint density at radius 1 is 1.48 bits per heavy atom. The van der Waals surface area contributed by atoms with Crippen LogP contribution in [-0.2, 0) is 16.0 Å². The van der Waals surface area contributed by atoms with Crippen LogP contribution in [0, 0.1) is 12.8 Å². The third-order valence-corrected chi connectivity index (χ3v) is 3.64. The van der Waals surface area contributed by atoms with Crippen LogP contribution in [0.4, 0.5) is 0 Å². The van der Waals surface area contributed by atoms with E-state index in [4.69, 9.17) is 4.74 Å². The summed E-state index contributed by atoms with van der Waals surface area (Å²) in [5.74, 6) is 0.491. The van der Waals surface area contributed by atoms with Gasteiger partial charge in [0.2, 0.25) is 5.91 Å². The first-order valence-corrected chi connectivity index (χ1v) is 7.32. The fraction of sp³-hybridized carbons (Fsp3) is 0.667. The predicted octanol–water partition coefficient (Wildman–Crippen LogP) is 0.364. The number of nitrogens with zero attached hydrogens (tertiary/aromatic N) is 4. The monoisotopic (exact) mass is 292 g/mol. The van der Waals surface area contributed by atoms with Gasteiger partial charge in [-0.3, -0.25) is 9.69 Å². The van der Waals surface area contributed by atoms with Gasteiger partial charge in [-0.2, -0.15) is 0 Å². The zero-order valence-corrected chi connectivity index (χ0v) is 13.1. The Bertz CT molecular complexity index is 478. The van der Waals surface area contributed by atoms with Crippen molar-refractivity contribution in [1.82, 2.24) is 19.8 Å². The van der Waals surface area contributed by atoms with Crippen LogP contribution in [0.1, 0.15) is 11.4 Å². The average molecular weight is 292 g/mol. The summed E-state index contributed by atoms with van der Waals surface area (Å²) >= 11 is 0. The first-order valence-electron chi connectivity index (χ1n) is 7.32. The summed E-state index contributed by atoms with van der Waals surface area (Å²) in [6.07, 6.45) is 2.46. The summed E-state index contributed by atoms with van der Waals surface area (Å²) in [7, 11) is 3.58. The van der Waals surface area contributed by atoms with Gasteiger partial charge in [0, 0.05) is 44.5 Å². The fourth-order valence-electron chi connectivity index (χ4n) is 2.47. The van der Waals surface area contributed by atoms with Crippen molar-refractivity contribution < 1.29 is 9.53 Å². The molecule has 0 bridgehead atoms. The van der Waals surface area contributed by atoms with Crippen molar-refractivity contribution in [1.29, 1.82) is 0 Å². The first-order chi connectivity index (χ1) is 10.0. The Balaban J connectivity index is 1.94. The van der Waals surface area contributed by atoms with Crippen LogP contribution in [0.15, 0.2) is 12.4 Å². The third-order valence-electron chi connectivity index (χ3n) is 3.64. The van der Waals surface area contributed by atoms with Gasteiger partial charge in [-0.15, -0.1) is 0 Å². The maximum absolute atomic E-state index is 11.9. The van der Waals surface area contributed by atoms with E-state index in [0.29, 0.717) is 19.1 Å². The van der Waals surface area contributed by atoms with Crippen molar-refractivity contribution >= 4 is 5.91 Å². The van der Waals surface area contributed by atoms with Gasteiger partial charge < -0.3 is 9.64 Å². The molecule has 21 heavy (non-hydrogen) atoms. The SMILES string of the molecule is Cc1cc(C[C@H]2COCCN(CC(=O)N(C)C)C2)ncn1. The van der Waals surface area contributed by atoms with E-state index in [2.05, 4.69) is 14.9 Å². The van der Waals surface area contributed by atoms with Crippen LogP contribution in [0.2, 0.25) is 0 Å². The summed E-state index contributed by atoms with van der Waals surface area (Å²) in [4.78, 5) is 24.1. The molecule has 0 radical (unpaired) electrons. The molecule has 1 aromatic rings. The van der Waals surface area contributed by atoms with Gasteiger partial charge in [0.1, 0.15) is 6.33 Å². The van der Waals surface area contributed by atoms with Gasteiger partial charge in [-0.1, -0.05) is 0 Å². The number of aryl methyl sites for hydroxylation is 1. The van der Waals surface area contributed by atoms with E-state index in [1.807, 2.05) is 13.0 Å². The highest BCUT2D eigenvalue weighted by atomic mass is 16.5. The number of likely N-dealkylation sites (N-methyl/N-ethyl adjacent to an activating group) is 1. The van der Waals surface area contributed by atoms with Gasteiger partial charge >= 0.3 is 0 Å². The highest BCUT2D eigenvalue weighted by molar-refractivity contribution is 5.77. The minimum absolute atomic E-state index is 0.133. The predicted molar refractivity (Wildman–Crippen MR) is 79.9 cm³/mol. The molecule has 1 aromatic heterocycles. The lowest BCUT2D eigenvalue weighted by Gasteiger charge is -2.24. The van der Waals surface area contributed by atoms with Crippen molar-refractivity contribution in [3.05, 3.63) is 23.8 Å². The second kappa shape index (κ2) is 7.47. The molecule has 6 heteroatoms. The molecule has 0 unspecified atom stereocenters. The zero-order chi connectivity index (χ0) is 15.2. The van der Waals surface area contributed by atoms with E-state index in [9.17, 15) is 4.79 Å². The Labute approximate surface area is 126 Å². The topological polar surface area (TPSA) is 58.6 Å². The molecule has 1 amide bonds. The molecular formula is C15H24N4O2. The molecule has 0 N–H and O–H groups in total. The normalized spacial score (nSPS) is 20.0. The third kappa shape index (κ3) is 5.06. The Morgan fingerprint density at radius 3 is 3.00 bits per heavy atom. The number of ether oxygens (including phenoxy) is 1. The molecule has 2 heterocycles. The smallest absolute Gasteiger partial charge is 0.236 e. The first kappa shape index (κ1) is 15.9. The van der Waals surface area contributed by atoms with Crippen molar-refractivity contribution in [2.75, 3.05) is 46.9 Å². The molecule has 0 aliphatic carbocycles. The standard InChI is InChI=1S/C15H24N4O2/c1-12-6-14(17-11-16-12)7-13-8-19(4-5-21-10-13)9-15(20)18(2)3/h6,11,13H,4-5,7-10H2,1-3H3/t13-/m1/s1. The van der Waals surface area contributed by atoms with Crippen molar-refractivity contribution in [3.8, 4) is 0 Å². The second-order valence-electron chi connectivity index (χ2n) is 5.82. The minimum Gasteiger partial charge on any atom is -0.380 e. The molecule has 1 aliphatic heterocycles. The lowest BCUT2D eigenvalue weighted by atomic mass is 10.0. The maximum atomic E-state index is 11.9. The van der Waals surface area contributed by atoms with Crippen LogP contribution in [0.5, 0.6) is 0 Å². The number of hydrogen-bond acceptors (Lipinski definition) is 5. The van der Waals surface area contributed by atoms with Crippen molar-refractivity contribution in [3.63, 3.8) is 0 Å². The van der Waals surface area contributed by atoms with Crippen LogP contribution < -0.4 is 0 Å². The van der Waals surface area contributed by atoms with E-state index in [0.717, 1.165) is 37.5 Å². The lowest BCUT2D eigenvalue weighted by molar-refractivity contribution is -0.129. The van der Waals surface area contributed by atoms with Crippen LogP contribution in [0.25, 0.3) is 0 Å². The highest BCUT2D eigenvalue weighted by Gasteiger charge is 2.21. The van der Waals surface area contributed by atoms with Crippen LogP contribution >= 0.6 is 0 Å². The minimum atomic E-state index is 0.133. The average Bonchev–Trinajstić information content (AvgIpc) is 2.64. The number of amides is 1. The zero-order valence-electron chi connectivity index (χ0n) is 13.1. The second-order valence-corrected chi connectivity index (χ2v) is 5.82. The molecule has 1 saturated heterocycles. The fourth-order valence-corrected chi connectivity index (χ4v) is 2.47. The molecule has 6 nitrogen and oxygen atoms in total. The van der Waals surface area contributed by atoms with E-state index < -0.39 is 0 Å². The molecule has 1 atom stereocenters. The van der Waals surface area contributed by atoms with Gasteiger partial charge in [0.05, 0.1) is 19.8 Å². The summed E-state index contributed by atoms with van der Waals surface area (Å²) in [6.45, 7) is 5.49. The van der Waals surface area contributed by atoms with Crippen LogP contribution in [0.3, 0.4) is 0 Å².